The number of pyridine rings is 8. The molecule has 9 aromatic heterocycles. The van der Waals surface area contributed by atoms with Crippen LogP contribution in [0.3, 0.4) is 0 Å². The van der Waals surface area contributed by atoms with Crippen LogP contribution in [-0.2, 0) is 38.5 Å². The number of para-hydroxylation sites is 2. The van der Waals surface area contributed by atoms with Crippen LogP contribution in [0.5, 0.6) is 5.75 Å². The molecule has 0 atom stereocenters. The summed E-state index contributed by atoms with van der Waals surface area (Å²) in [6.07, 6.45) is 12.0. The van der Waals surface area contributed by atoms with E-state index in [0.29, 0.717) is 0 Å². The topological polar surface area (TPSA) is 138 Å². The average Bonchev–Trinajstić information content (AvgIpc) is 3.52. The minimum atomic E-state index is 0.719. The summed E-state index contributed by atoms with van der Waals surface area (Å²) in [6.45, 7) is 0. The van der Waals surface area contributed by atoms with Crippen molar-refractivity contribution >= 4 is 98.3 Å². The van der Waals surface area contributed by atoms with Crippen LogP contribution in [0, 0.1) is 0 Å². The van der Waals surface area contributed by atoms with Crippen molar-refractivity contribution in [3.63, 3.8) is 0 Å². The third-order valence-electron chi connectivity index (χ3n) is 15.5. The number of fused-ring (bicyclic) bond motifs is 12. The van der Waals surface area contributed by atoms with Gasteiger partial charge in [0, 0.05) is 102 Å². The minimum absolute atomic E-state index is 0.719. The molecule has 0 amide bonds. The highest BCUT2D eigenvalue weighted by atomic mass is 16.5. The molecule has 0 aliphatic rings. The number of rotatable bonds is 12. The lowest BCUT2D eigenvalue weighted by atomic mass is 9.98. The Morgan fingerprint density at radius 1 is 0.300 bits per heavy atom. The maximum atomic E-state index is 5.98. The van der Waals surface area contributed by atoms with Crippen LogP contribution in [0.2, 0.25) is 0 Å². The van der Waals surface area contributed by atoms with Crippen LogP contribution in [0.4, 0.5) is 0 Å². The zero-order valence-electron chi connectivity index (χ0n) is 43.7. The number of benzene rings is 6. The van der Waals surface area contributed by atoms with E-state index >= 15 is 0 Å². The standard InChI is InChI=1S/C69H48N10O/c1-80-62-38-49(35-47-18-24-52(76-63(47)62)27-28-54-21-15-43-10-9-42-5-4-33-70-64(42)66(43)77-54)50-36-48-13-11-44-16-22-53(78-67(44)65(48)73-39-50)26-25-51-20-14-41-8-12-46(37-61(41)74-51)57-32-34-71-69-58(57)31-19-45-17-23-55(79-68(45)69)29-30-56-40-72-59-6-2-3-7-60(59)75-56/h2-24,31-40H,25-30H2,1H3. The van der Waals surface area contributed by atoms with Crippen molar-refractivity contribution in [3.05, 3.63) is 235 Å². The quantitative estimate of drug-likeness (QED) is 0.108. The molecule has 0 spiro atoms. The third kappa shape index (κ3) is 8.75. The van der Waals surface area contributed by atoms with Crippen molar-refractivity contribution in [2.75, 3.05) is 7.11 Å². The lowest BCUT2D eigenvalue weighted by molar-refractivity contribution is 0.419. The van der Waals surface area contributed by atoms with Gasteiger partial charge in [-0.1, -0.05) is 97.1 Å². The summed E-state index contributed by atoms with van der Waals surface area (Å²) in [6, 6.07) is 61.1. The smallest absolute Gasteiger partial charge is 0.145 e. The van der Waals surface area contributed by atoms with Crippen LogP contribution in [0.25, 0.3) is 121 Å². The van der Waals surface area contributed by atoms with E-state index < -0.39 is 0 Å². The fraction of sp³-hybridized carbons (Fsp3) is 0.101. The highest BCUT2D eigenvalue weighted by molar-refractivity contribution is 6.09. The fourth-order valence-corrected chi connectivity index (χ4v) is 11.3. The maximum Gasteiger partial charge on any atom is 0.145 e. The second kappa shape index (κ2) is 19.6. The van der Waals surface area contributed by atoms with E-state index in [1.807, 2.05) is 55.1 Å². The van der Waals surface area contributed by atoms with Crippen LogP contribution in [-0.4, -0.2) is 56.9 Å². The Kier molecular flexibility index (Phi) is 11.5. The Labute approximate surface area is 459 Å². The first-order chi connectivity index (χ1) is 39.5. The fourth-order valence-electron chi connectivity index (χ4n) is 11.3. The molecule has 380 valence electrons. The van der Waals surface area contributed by atoms with E-state index in [1.165, 1.54) is 0 Å². The summed E-state index contributed by atoms with van der Waals surface area (Å²) in [5.41, 5.74) is 19.1. The number of aromatic nitrogens is 10. The van der Waals surface area contributed by atoms with E-state index in [0.717, 1.165) is 199 Å². The number of hydrogen-bond donors (Lipinski definition) is 0. The Balaban J connectivity index is 0.652. The molecule has 11 heteroatoms. The zero-order chi connectivity index (χ0) is 53.1. The van der Waals surface area contributed by atoms with E-state index in [1.54, 1.807) is 7.11 Å². The number of hydrogen-bond acceptors (Lipinski definition) is 11. The molecule has 9 heterocycles. The molecule has 0 bridgehead atoms. The number of methoxy groups -OCH3 is 1. The van der Waals surface area contributed by atoms with Gasteiger partial charge in [-0.2, -0.15) is 0 Å². The number of nitrogens with zero attached hydrogens (tertiary/aromatic N) is 10. The molecule has 0 aliphatic heterocycles. The monoisotopic (exact) mass is 1030 g/mol. The van der Waals surface area contributed by atoms with Gasteiger partial charge in [-0.3, -0.25) is 39.9 Å². The van der Waals surface area contributed by atoms with Gasteiger partial charge in [-0.05, 0) is 134 Å². The molecule has 0 saturated carbocycles. The Hall–Kier alpha value is -10.3. The van der Waals surface area contributed by atoms with Crippen molar-refractivity contribution in [2.24, 2.45) is 0 Å². The van der Waals surface area contributed by atoms with Gasteiger partial charge in [0.15, 0.2) is 0 Å². The Morgan fingerprint density at radius 2 is 0.812 bits per heavy atom. The average molecular weight is 1030 g/mol. The first kappa shape index (κ1) is 47.0. The molecular formula is C69H48N10O. The van der Waals surface area contributed by atoms with E-state index in [4.69, 9.17) is 44.6 Å². The SMILES string of the molecule is COc1cc(-c2cnc3c(ccc4ccc(CCc5ccc6ccc(-c7ccnc8c7ccc7ccc(CCc9cnc%10ccccc%10n9)nc78)cc6n5)nc43)c2)cc2ccc(CCc3ccc4ccc5cccnc5c4n3)nc12. The molecule has 0 radical (unpaired) electrons. The van der Waals surface area contributed by atoms with Gasteiger partial charge in [0.25, 0.3) is 0 Å². The summed E-state index contributed by atoms with van der Waals surface area (Å²) in [5.74, 6) is 0.719. The summed E-state index contributed by atoms with van der Waals surface area (Å²) in [5, 5.41) is 8.44. The molecule has 0 saturated heterocycles. The van der Waals surface area contributed by atoms with Crippen LogP contribution < -0.4 is 4.74 Å². The first-order valence-corrected chi connectivity index (χ1v) is 27.1. The van der Waals surface area contributed by atoms with Gasteiger partial charge >= 0.3 is 0 Å². The zero-order valence-corrected chi connectivity index (χ0v) is 43.7. The number of ether oxygens (including phenoxy) is 1. The second-order valence-corrected chi connectivity index (χ2v) is 20.6. The highest BCUT2D eigenvalue weighted by Gasteiger charge is 2.16. The van der Waals surface area contributed by atoms with Crippen molar-refractivity contribution in [2.45, 2.75) is 38.5 Å². The molecule has 0 N–H and O–H groups in total. The largest absolute Gasteiger partial charge is 0.494 e. The number of aryl methyl sites for hydroxylation is 6. The molecule has 0 fully saturated rings. The van der Waals surface area contributed by atoms with Crippen molar-refractivity contribution in [3.8, 4) is 28.0 Å². The van der Waals surface area contributed by atoms with Crippen molar-refractivity contribution in [1.29, 1.82) is 0 Å². The van der Waals surface area contributed by atoms with E-state index in [2.05, 4.69) is 156 Å². The molecule has 15 aromatic rings. The molecule has 15 rings (SSSR count). The van der Waals surface area contributed by atoms with Gasteiger partial charge in [-0.25, -0.2) is 9.97 Å². The first-order valence-electron chi connectivity index (χ1n) is 27.1. The van der Waals surface area contributed by atoms with Gasteiger partial charge in [0.1, 0.15) is 11.3 Å². The summed E-state index contributed by atoms with van der Waals surface area (Å²) < 4.78 is 5.98. The van der Waals surface area contributed by atoms with Crippen LogP contribution in [0.1, 0.15) is 34.2 Å². The normalized spacial score (nSPS) is 11.9. The lowest BCUT2D eigenvalue weighted by Crippen LogP contribution is -1.99. The predicted octanol–water partition coefficient (Wildman–Crippen LogP) is 14.7. The Morgan fingerprint density at radius 3 is 1.52 bits per heavy atom. The molecule has 80 heavy (non-hydrogen) atoms. The lowest BCUT2D eigenvalue weighted by Gasteiger charge is -2.12. The molecule has 11 nitrogen and oxygen atoms in total. The minimum Gasteiger partial charge on any atom is -0.494 e. The van der Waals surface area contributed by atoms with Crippen molar-refractivity contribution < 1.29 is 4.74 Å². The summed E-state index contributed by atoms with van der Waals surface area (Å²) >= 11 is 0. The van der Waals surface area contributed by atoms with Gasteiger partial charge in [0.05, 0.1) is 62.5 Å². The second-order valence-electron chi connectivity index (χ2n) is 20.6. The molecule has 0 unspecified atom stereocenters. The molecule has 0 aliphatic carbocycles. The molecule has 6 aromatic carbocycles. The van der Waals surface area contributed by atoms with Gasteiger partial charge in [0.2, 0.25) is 0 Å². The van der Waals surface area contributed by atoms with E-state index in [9.17, 15) is 0 Å². The van der Waals surface area contributed by atoms with Gasteiger partial charge < -0.3 is 4.74 Å². The van der Waals surface area contributed by atoms with Crippen LogP contribution in [0.15, 0.2) is 201 Å². The summed E-state index contributed by atoms with van der Waals surface area (Å²) in [7, 11) is 1.70. The molecular weight excluding hydrogens is 985 g/mol. The van der Waals surface area contributed by atoms with Gasteiger partial charge in [-0.15, -0.1) is 0 Å². The highest BCUT2D eigenvalue weighted by Crippen LogP contribution is 2.36. The van der Waals surface area contributed by atoms with Crippen molar-refractivity contribution in [1.82, 2.24) is 49.8 Å². The summed E-state index contributed by atoms with van der Waals surface area (Å²) in [4.78, 5) is 49.7. The Bertz CT molecular complexity index is 4990. The maximum absolute atomic E-state index is 5.98. The van der Waals surface area contributed by atoms with E-state index in [-0.39, 0.29) is 0 Å². The third-order valence-corrected chi connectivity index (χ3v) is 15.5. The predicted molar refractivity (Wildman–Crippen MR) is 321 cm³/mol. The van der Waals surface area contributed by atoms with Crippen LogP contribution >= 0.6 is 0 Å².